The van der Waals surface area contributed by atoms with E-state index in [4.69, 9.17) is 10.5 Å². The first-order valence-corrected chi connectivity index (χ1v) is 7.22. The molecule has 4 heteroatoms. The van der Waals surface area contributed by atoms with Gasteiger partial charge < -0.3 is 10.5 Å². The van der Waals surface area contributed by atoms with Gasteiger partial charge in [-0.25, -0.2) is 0 Å². The summed E-state index contributed by atoms with van der Waals surface area (Å²) in [4.78, 5) is 0. The molecule has 0 atom stereocenters. The van der Waals surface area contributed by atoms with Crippen LogP contribution >= 0.6 is 23.1 Å². The number of thioether (sulfide) groups is 1. The van der Waals surface area contributed by atoms with Crippen LogP contribution in [0.25, 0.3) is 0 Å². The van der Waals surface area contributed by atoms with Gasteiger partial charge in [0.25, 0.3) is 0 Å². The first-order chi connectivity index (χ1) is 8.33. The third-order valence-electron chi connectivity index (χ3n) is 2.44. The van der Waals surface area contributed by atoms with E-state index in [2.05, 4.69) is 29.6 Å². The molecule has 2 nitrogen and oxygen atoms in total. The fourth-order valence-corrected chi connectivity index (χ4v) is 3.31. The largest absolute Gasteiger partial charge is 0.496 e. The van der Waals surface area contributed by atoms with Gasteiger partial charge in [-0.3, -0.25) is 0 Å². The predicted octanol–water partition coefficient (Wildman–Crippen LogP) is 3.51. The van der Waals surface area contributed by atoms with Crippen molar-refractivity contribution >= 4 is 23.1 Å². The fraction of sp³-hybridized carbons (Fsp3) is 0.231. The Morgan fingerprint density at radius 2 is 2.24 bits per heavy atom. The molecular formula is C13H15NOS2. The van der Waals surface area contributed by atoms with Crippen molar-refractivity contribution in [2.75, 3.05) is 7.11 Å². The van der Waals surface area contributed by atoms with E-state index in [-0.39, 0.29) is 0 Å². The lowest BCUT2D eigenvalue weighted by Gasteiger charge is -2.08. The highest BCUT2D eigenvalue weighted by Crippen LogP contribution is 2.28. The molecular weight excluding hydrogens is 250 g/mol. The van der Waals surface area contributed by atoms with Crippen molar-refractivity contribution in [2.24, 2.45) is 5.73 Å². The molecule has 0 bridgehead atoms. The monoisotopic (exact) mass is 265 g/mol. The highest BCUT2D eigenvalue weighted by atomic mass is 32.2. The van der Waals surface area contributed by atoms with Crippen molar-refractivity contribution in [1.29, 1.82) is 0 Å². The van der Waals surface area contributed by atoms with Gasteiger partial charge in [0, 0.05) is 17.9 Å². The lowest BCUT2D eigenvalue weighted by molar-refractivity contribution is 0.409. The maximum atomic E-state index is 5.70. The number of methoxy groups -OCH3 is 1. The number of benzene rings is 1. The maximum Gasteiger partial charge on any atom is 0.123 e. The normalized spacial score (nSPS) is 10.5. The topological polar surface area (TPSA) is 35.2 Å². The Morgan fingerprint density at radius 3 is 2.88 bits per heavy atom. The van der Waals surface area contributed by atoms with E-state index in [1.807, 2.05) is 17.8 Å². The molecule has 0 aliphatic rings. The Morgan fingerprint density at radius 1 is 1.35 bits per heavy atom. The van der Waals surface area contributed by atoms with Gasteiger partial charge in [-0.1, -0.05) is 12.1 Å². The van der Waals surface area contributed by atoms with Crippen molar-refractivity contribution in [1.82, 2.24) is 0 Å². The summed E-state index contributed by atoms with van der Waals surface area (Å²) in [6.45, 7) is 0.515. The Hall–Kier alpha value is -0.970. The zero-order valence-corrected chi connectivity index (χ0v) is 11.3. The van der Waals surface area contributed by atoms with Gasteiger partial charge in [0.15, 0.2) is 0 Å². The second-order valence-electron chi connectivity index (χ2n) is 3.57. The predicted molar refractivity (Wildman–Crippen MR) is 74.8 cm³/mol. The molecule has 0 aliphatic carbocycles. The number of ether oxygens (including phenoxy) is 1. The molecule has 0 saturated heterocycles. The van der Waals surface area contributed by atoms with Crippen LogP contribution in [0, 0.1) is 0 Å². The SMILES string of the molecule is COc1ccc(CSc2cccs2)cc1CN. The average molecular weight is 265 g/mol. The van der Waals surface area contributed by atoms with Crippen molar-refractivity contribution < 1.29 is 4.74 Å². The Balaban J connectivity index is 2.06. The number of hydrogen-bond donors (Lipinski definition) is 1. The van der Waals surface area contributed by atoms with Crippen molar-refractivity contribution in [2.45, 2.75) is 16.5 Å². The van der Waals surface area contributed by atoms with E-state index in [9.17, 15) is 0 Å². The Labute approximate surface area is 110 Å². The van der Waals surface area contributed by atoms with Crippen LogP contribution in [-0.4, -0.2) is 7.11 Å². The summed E-state index contributed by atoms with van der Waals surface area (Å²) in [5, 5.41) is 2.10. The third kappa shape index (κ3) is 3.25. The molecule has 0 fully saturated rings. The number of nitrogens with two attached hydrogens (primary N) is 1. The summed E-state index contributed by atoms with van der Waals surface area (Å²) in [6.07, 6.45) is 0. The smallest absolute Gasteiger partial charge is 0.123 e. The summed E-state index contributed by atoms with van der Waals surface area (Å²) in [7, 11) is 1.68. The van der Waals surface area contributed by atoms with E-state index < -0.39 is 0 Å². The molecule has 2 rings (SSSR count). The van der Waals surface area contributed by atoms with Crippen LogP contribution in [0.3, 0.4) is 0 Å². The van der Waals surface area contributed by atoms with Gasteiger partial charge in [-0.05, 0) is 29.1 Å². The molecule has 17 heavy (non-hydrogen) atoms. The van der Waals surface area contributed by atoms with Crippen LogP contribution in [0.5, 0.6) is 5.75 Å². The summed E-state index contributed by atoms with van der Waals surface area (Å²) < 4.78 is 6.60. The van der Waals surface area contributed by atoms with E-state index in [1.54, 1.807) is 18.4 Å². The minimum atomic E-state index is 0.515. The van der Waals surface area contributed by atoms with Gasteiger partial charge in [-0.15, -0.1) is 23.1 Å². The van der Waals surface area contributed by atoms with Crippen LogP contribution in [0.15, 0.2) is 39.9 Å². The van der Waals surface area contributed by atoms with Crippen LogP contribution in [0.4, 0.5) is 0 Å². The number of rotatable bonds is 5. The van der Waals surface area contributed by atoms with E-state index in [0.29, 0.717) is 6.54 Å². The summed E-state index contributed by atoms with van der Waals surface area (Å²) in [5.41, 5.74) is 8.05. The molecule has 0 aliphatic heterocycles. The molecule has 0 amide bonds. The molecule has 2 aromatic rings. The molecule has 90 valence electrons. The summed E-state index contributed by atoms with van der Waals surface area (Å²) >= 11 is 3.62. The van der Waals surface area contributed by atoms with Crippen molar-refractivity contribution in [3.63, 3.8) is 0 Å². The number of thiophene rings is 1. The zero-order valence-electron chi connectivity index (χ0n) is 9.68. The lowest BCUT2D eigenvalue weighted by atomic mass is 10.1. The Kier molecular flexibility index (Phi) is 4.48. The number of hydrogen-bond acceptors (Lipinski definition) is 4. The zero-order chi connectivity index (χ0) is 12.1. The van der Waals surface area contributed by atoms with Gasteiger partial charge in [-0.2, -0.15) is 0 Å². The van der Waals surface area contributed by atoms with Crippen LogP contribution < -0.4 is 10.5 Å². The molecule has 1 aromatic carbocycles. The van der Waals surface area contributed by atoms with Crippen LogP contribution in [0.2, 0.25) is 0 Å². The average Bonchev–Trinajstić information content (AvgIpc) is 2.89. The van der Waals surface area contributed by atoms with E-state index in [1.165, 1.54) is 9.77 Å². The molecule has 2 N–H and O–H groups in total. The quantitative estimate of drug-likeness (QED) is 0.840. The van der Waals surface area contributed by atoms with Gasteiger partial charge in [0.2, 0.25) is 0 Å². The fourth-order valence-electron chi connectivity index (χ4n) is 1.58. The molecule has 0 radical (unpaired) electrons. The van der Waals surface area contributed by atoms with Crippen LogP contribution in [-0.2, 0) is 12.3 Å². The van der Waals surface area contributed by atoms with Gasteiger partial charge in [0.05, 0.1) is 11.3 Å². The van der Waals surface area contributed by atoms with E-state index >= 15 is 0 Å². The minimum Gasteiger partial charge on any atom is -0.496 e. The first kappa shape index (κ1) is 12.5. The Bertz CT molecular complexity index is 468. The third-order valence-corrected chi connectivity index (χ3v) is 4.64. The second kappa shape index (κ2) is 6.10. The summed E-state index contributed by atoms with van der Waals surface area (Å²) in [6, 6.07) is 10.4. The van der Waals surface area contributed by atoms with E-state index in [0.717, 1.165) is 17.1 Å². The van der Waals surface area contributed by atoms with Crippen LogP contribution in [0.1, 0.15) is 11.1 Å². The molecule has 1 heterocycles. The molecule has 0 spiro atoms. The lowest BCUT2D eigenvalue weighted by Crippen LogP contribution is -2.00. The van der Waals surface area contributed by atoms with Gasteiger partial charge >= 0.3 is 0 Å². The minimum absolute atomic E-state index is 0.515. The van der Waals surface area contributed by atoms with Gasteiger partial charge in [0.1, 0.15) is 5.75 Å². The highest BCUT2D eigenvalue weighted by Gasteiger charge is 2.03. The standard InChI is InChI=1S/C13H15NOS2/c1-15-12-5-4-10(7-11(12)8-14)9-17-13-3-2-6-16-13/h2-7H,8-9,14H2,1H3. The second-order valence-corrected chi connectivity index (χ2v) is 5.79. The molecule has 0 saturated carbocycles. The molecule has 1 aromatic heterocycles. The maximum absolute atomic E-state index is 5.70. The molecule has 0 unspecified atom stereocenters. The van der Waals surface area contributed by atoms with Crippen molar-refractivity contribution in [3.05, 3.63) is 46.8 Å². The highest BCUT2D eigenvalue weighted by molar-refractivity contribution is 8.00. The van der Waals surface area contributed by atoms with Crippen molar-refractivity contribution in [3.8, 4) is 5.75 Å². The first-order valence-electron chi connectivity index (χ1n) is 5.35. The summed E-state index contributed by atoms with van der Waals surface area (Å²) in [5.74, 6) is 1.84.